The number of unbranched alkanes of at least 4 members (excludes halogenated alkanes) is 5. The number of ether oxygens (including phenoxy) is 1. The number of benzene rings is 2. The van der Waals surface area contributed by atoms with Gasteiger partial charge in [0, 0.05) is 28.6 Å². The van der Waals surface area contributed by atoms with Crippen LogP contribution >= 0.6 is 11.8 Å². The normalized spacial score (nSPS) is 10.7. The second kappa shape index (κ2) is 16.2. The maximum Gasteiger partial charge on any atom is 0.321 e. The zero-order valence-electron chi connectivity index (χ0n) is 21.0. The minimum atomic E-state index is -0.202. The Morgan fingerprint density at radius 3 is 2.06 bits per heavy atom. The van der Waals surface area contributed by atoms with Crippen molar-refractivity contribution in [2.75, 3.05) is 24.6 Å². The van der Waals surface area contributed by atoms with Crippen molar-refractivity contribution in [2.45, 2.75) is 81.9 Å². The first-order valence-electron chi connectivity index (χ1n) is 12.6. The smallest absolute Gasteiger partial charge is 0.321 e. The molecule has 0 aliphatic heterocycles. The Balaban J connectivity index is 1.99. The SMILES string of the molecule is CCCCCCCN(C(=O)NCCCC)c1ccc(Sc2ccc(CC(=O)OCC)cc2)cc1. The number of nitrogens with zero attached hydrogens (tertiary/aromatic N) is 1. The zero-order valence-corrected chi connectivity index (χ0v) is 21.8. The van der Waals surface area contributed by atoms with Gasteiger partial charge in [0.25, 0.3) is 0 Å². The summed E-state index contributed by atoms with van der Waals surface area (Å²) in [5.74, 6) is -0.202. The molecule has 0 spiro atoms. The third kappa shape index (κ3) is 10.2. The van der Waals surface area contributed by atoms with E-state index >= 15 is 0 Å². The van der Waals surface area contributed by atoms with Gasteiger partial charge in [-0.15, -0.1) is 0 Å². The number of hydrogen-bond acceptors (Lipinski definition) is 4. The van der Waals surface area contributed by atoms with Gasteiger partial charge in [-0.1, -0.05) is 69.8 Å². The molecule has 0 aliphatic carbocycles. The summed E-state index contributed by atoms with van der Waals surface area (Å²) in [4.78, 5) is 28.6. The number of esters is 1. The van der Waals surface area contributed by atoms with E-state index < -0.39 is 0 Å². The van der Waals surface area contributed by atoms with Gasteiger partial charge in [-0.25, -0.2) is 4.79 Å². The summed E-state index contributed by atoms with van der Waals surface area (Å²) < 4.78 is 5.01. The number of rotatable bonds is 15. The van der Waals surface area contributed by atoms with Crippen molar-refractivity contribution in [3.05, 3.63) is 54.1 Å². The average molecular weight is 485 g/mol. The predicted molar refractivity (Wildman–Crippen MR) is 142 cm³/mol. The van der Waals surface area contributed by atoms with Crippen LogP contribution < -0.4 is 10.2 Å². The van der Waals surface area contributed by atoms with Crippen LogP contribution in [0.5, 0.6) is 0 Å². The van der Waals surface area contributed by atoms with Crippen LogP contribution in [0.2, 0.25) is 0 Å². The monoisotopic (exact) mass is 484 g/mol. The van der Waals surface area contributed by atoms with Crippen molar-refractivity contribution in [2.24, 2.45) is 0 Å². The van der Waals surface area contributed by atoms with Gasteiger partial charge in [0.2, 0.25) is 0 Å². The van der Waals surface area contributed by atoms with Crippen molar-refractivity contribution in [1.82, 2.24) is 5.32 Å². The fraction of sp³-hybridized carbons (Fsp3) is 0.500. The van der Waals surface area contributed by atoms with Crippen LogP contribution in [0, 0.1) is 0 Å². The molecule has 0 atom stereocenters. The lowest BCUT2D eigenvalue weighted by Crippen LogP contribution is -2.41. The Bertz CT molecular complexity index is 853. The number of hydrogen-bond donors (Lipinski definition) is 1. The summed E-state index contributed by atoms with van der Waals surface area (Å²) in [5, 5.41) is 3.06. The van der Waals surface area contributed by atoms with E-state index in [4.69, 9.17) is 4.74 Å². The van der Waals surface area contributed by atoms with Crippen LogP contribution in [-0.4, -0.2) is 31.7 Å². The lowest BCUT2D eigenvalue weighted by molar-refractivity contribution is -0.142. The molecule has 0 saturated carbocycles. The van der Waals surface area contributed by atoms with E-state index in [1.54, 1.807) is 11.8 Å². The van der Waals surface area contributed by atoms with E-state index in [0.717, 1.165) is 53.3 Å². The highest BCUT2D eigenvalue weighted by Crippen LogP contribution is 2.30. The van der Waals surface area contributed by atoms with Crippen LogP contribution in [0.3, 0.4) is 0 Å². The Hall–Kier alpha value is -2.47. The zero-order chi connectivity index (χ0) is 24.6. The Kier molecular flexibility index (Phi) is 13.2. The maximum atomic E-state index is 12.8. The predicted octanol–water partition coefficient (Wildman–Crippen LogP) is 7.23. The van der Waals surface area contributed by atoms with E-state index in [9.17, 15) is 9.59 Å². The lowest BCUT2D eigenvalue weighted by Gasteiger charge is -2.23. The molecule has 0 saturated heterocycles. The number of carbonyl (C=O) groups is 2. The highest BCUT2D eigenvalue weighted by molar-refractivity contribution is 7.99. The Labute approximate surface area is 209 Å². The molecular weight excluding hydrogens is 444 g/mol. The van der Waals surface area contributed by atoms with Crippen molar-refractivity contribution in [3.63, 3.8) is 0 Å². The molecule has 0 radical (unpaired) electrons. The second-order valence-corrected chi connectivity index (χ2v) is 9.52. The summed E-state index contributed by atoms with van der Waals surface area (Å²) in [7, 11) is 0. The number of carbonyl (C=O) groups excluding carboxylic acids is 2. The largest absolute Gasteiger partial charge is 0.466 e. The molecule has 0 fully saturated rings. The maximum absolute atomic E-state index is 12.8. The van der Waals surface area contributed by atoms with Gasteiger partial charge < -0.3 is 10.1 Å². The van der Waals surface area contributed by atoms with E-state index in [-0.39, 0.29) is 12.0 Å². The van der Waals surface area contributed by atoms with Gasteiger partial charge in [-0.05, 0) is 61.7 Å². The topological polar surface area (TPSA) is 58.6 Å². The molecule has 6 heteroatoms. The number of nitrogens with one attached hydrogen (secondary N) is 1. The quantitative estimate of drug-likeness (QED) is 0.214. The summed E-state index contributed by atoms with van der Waals surface area (Å²) in [5.41, 5.74) is 1.88. The lowest BCUT2D eigenvalue weighted by atomic mass is 10.1. The third-order valence-corrected chi connectivity index (χ3v) is 6.51. The minimum Gasteiger partial charge on any atom is -0.466 e. The fourth-order valence-electron chi connectivity index (χ4n) is 3.57. The standard InChI is InChI=1S/C28H40N2O3S/c1-4-7-9-10-11-21-30(28(32)29-20-8-5-2)24-14-18-26(19-15-24)34-25-16-12-23(13-17-25)22-27(31)33-6-3/h12-19H,4-11,20-22H2,1-3H3,(H,29,32). The Morgan fingerprint density at radius 1 is 0.824 bits per heavy atom. The third-order valence-electron chi connectivity index (χ3n) is 5.50. The van der Waals surface area contributed by atoms with Gasteiger partial charge >= 0.3 is 12.0 Å². The summed E-state index contributed by atoms with van der Waals surface area (Å²) in [6, 6.07) is 16.2. The van der Waals surface area contributed by atoms with Crippen LogP contribution in [0.15, 0.2) is 58.3 Å². The van der Waals surface area contributed by atoms with Crippen LogP contribution in [0.1, 0.15) is 71.3 Å². The highest BCUT2D eigenvalue weighted by Gasteiger charge is 2.15. The van der Waals surface area contributed by atoms with E-state index in [0.29, 0.717) is 19.6 Å². The molecule has 0 heterocycles. The molecule has 0 bridgehead atoms. The Morgan fingerprint density at radius 2 is 1.44 bits per heavy atom. The molecule has 2 aromatic rings. The van der Waals surface area contributed by atoms with E-state index in [2.05, 4.69) is 31.3 Å². The van der Waals surface area contributed by atoms with Crippen LogP contribution in [0.4, 0.5) is 10.5 Å². The second-order valence-electron chi connectivity index (χ2n) is 8.37. The molecule has 186 valence electrons. The molecule has 0 unspecified atom stereocenters. The first-order chi connectivity index (χ1) is 16.6. The first kappa shape index (κ1) is 27.8. The van der Waals surface area contributed by atoms with Crippen LogP contribution in [-0.2, 0) is 16.0 Å². The van der Waals surface area contributed by atoms with Crippen molar-refractivity contribution in [3.8, 4) is 0 Å². The van der Waals surface area contributed by atoms with Gasteiger partial charge in [0.15, 0.2) is 0 Å². The van der Waals surface area contributed by atoms with Crippen molar-refractivity contribution >= 4 is 29.4 Å². The molecule has 5 nitrogen and oxygen atoms in total. The van der Waals surface area contributed by atoms with Gasteiger partial charge in [0.05, 0.1) is 13.0 Å². The summed E-state index contributed by atoms with van der Waals surface area (Å²) in [6.07, 6.45) is 8.19. The summed E-state index contributed by atoms with van der Waals surface area (Å²) >= 11 is 1.66. The average Bonchev–Trinajstić information content (AvgIpc) is 2.83. The van der Waals surface area contributed by atoms with Gasteiger partial charge in [-0.2, -0.15) is 0 Å². The summed E-state index contributed by atoms with van der Waals surface area (Å²) in [6.45, 7) is 8.00. The van der Waals surface area contributed by atoms with Gasteiger partial charge in [0.1, 0.15) is 0 Å². The van der Waals surface area contributed by atoms with Crippen LogP contribution in [0.25, 0.3) is 0 Å². The van der Waals surface area contributed by atoms with E-state index in [1.165, 1.54) is 19.3 Å². The minimum absolute atomic E-state index is 0.0125. The number of urea groups is 1. The molecule has 2 aromatic carbocycles. The van der Waals surface area contributed by atoms with E-state index in [1.807, 2.05) is 48.2 Å². The molecular formula is C28H40N2O3S. The number of anilines is 1. The molecule has 1 N–H and O–H groups in total. The molecule has 0 aliphatic rings. The van der Waals surface area contributed by atoms with Crippen molar-refractivity contribution in [1.29, 1.82) is 0 Å². The number of amides is 2. The van der Waals surface area contributed by atoms with Crippen molar-refractivity contribution < 1.29 is 14.3 Å². The molecule has 0 aromatic heterocycles. The molecule has 34 heavy (non-hydrogen) atoms. The first-order valence-corrected chi connectivity index (χ1v) is 13.5. The highest BCUT2D eigenvalue weighted by atomic mass is 32.2. The van der Waals surface area contributed by atoms with Gasteiger partial charge in [-0.3, -0.25) is 9.69 Å². The molecule has 2 rings (SSSR count). The fourth-order valence-corrected chi connectivity index (χ4v) is 4.39. The molecule has 2 amide bonds.